The summed E-state index contributed by atoms with van der Waals surface area (Å²) in [6.45, 7) is 2.56. The quantitative estimate of drug-likeness (QED) is 0.366. The molecule has 0 saturated carbocycles. The van der Waals surface area contributed by atoms with Gasteiger partial charge in [-0.25, -0.2) is 4.90 Å². The van der Waals surface area contributed by atoms with Crippen LogP contribution in [0.5, 0.6) is 5.75 Å². The Bertz CT molecular complexity index is 1100. The third-order valence-electron chi connectivity index (χ3n) is 6.63. The van der Waals surface area contributed by atoms with Gasteiger partial charge < -0.3 is 4.74 Å². The standard InChI is InChI=1S/C29H27NO3/c1-2-19-33-25-16-10-9-15-24(25)30-28(31)26-22(20-11-5-3-6-12-20)17-18-23(27(26)29(30)32)21-13-7-4-8-14-21/h3-18,22-23,26-27H,2,19H2,1H3/t22-,23+,26+,27-. The summed E-state index contributed by atoms with van der Waals surface area (Å²) in [5.74, 6) is -0.972. The molecule has 33 heavy (non-hydrogen) atoms. The normalized spacial score (nSPS) is 24.1. The number of ether oxygens (including phenoxy) is 1. The lowest BCUT2D eigenvalue weighted by Gasteiger charge is -2.32. The third kappa shape index (κ3) is 3.76. The van der Waals surface area contributed by atoms with Gasteiger partial charge >= 0.3 is 0 Å². The van der Waals surface area contributed by atoms with Gasteiger partial charge in [0.05, 0.1) is 24.1 Å². The molecule has 0 radical (unpaired) electrons. The number of nitrogens with zero attached hydrogens (tertiary/aromatic N) is 1. The number of carbonyl (C=O) groups excluding carboxylic acids is 2. The number of amides is 2. The third-order valence-corrected chi connectivity index (χ3v) is 6.63. The summed E-state index contributed by atoms with van der Waals surface area (Å²) in [5.41, 5.74) is 2.64. The van der Waals surface area contributed by atoms with Crippen LogP contribution in [0.15, 0.2) is 97.1 Å². The molecule has 3 aromatic rings. The van der Waals surface area contributed by atoms with Crippen molar-refractivity contribution in [3.8, 4) is 5.75 Å². The van der Waals surface area contributed by atoms with Crippen LogP contribution in [0.4, 0.5) is 5.69 Å². The molecule has 166 valence electrons. The highest BCUT2D eigenvalue weighted by Gasteiger charge is 2.55. The number of benzene rings is 3. The van der Waals surface area contributed by atoms with Crippen LogP contribution in [0.3, 0.4) is 0 Å². The number of imide groups is 1. The van der Waals surface area contributed by atoms with Crippen molar-refractivity contribution in [2.24, 2.45) is 11.8 Å². The van der Waals surface area contributed by atoms with Crippen LogP contribution in [0.2, 0.25) is 0 Å². The van der Waals surface area contributed by atoms with E-state index >= 15 is 0 Å². The van der Waals surface area contributed by atoms with E-state index in [9.17, 15) is 9.59 Å². The number of rotatable bonds is 6. The highest BCUT2D eigenvalue weighted by Crippen LogP contribution is 2.51. The lowest BCUT2D eigenvalue weighted by molar-refractivity contribution is -0.122. The zero-order chi connectivity index (χ0) is 22.8. The van der Waals surface area contributed by atoms with E-state index in [-0.39, 0.29) is 23.7 Å². The lowest BCUT2D eigenvalue weighted by atomic mass is 9.68. The minimum atomic E-state index is -0.464. The van der Waals surface area contributed by atoms with Crippen LogP contribution in [0.1, 0.15) is 36.3 Å². The van der Waals surface area contributed by atoms with Gasteiger partial charge in [0, 0.05) is 11.8 Å². The van der Waals surface area contributed by atoms with Crippen molar-refractivity contribution in [1.82, 2.24) is 0 Å². The van der Waals surface area contributed by atoms with Gasteiger partial charge in [-0.1, -0.05) is 91.9 Å². The fourth-order valence-electron chi connectivity index (χ4n) is 5.15. The van der Waals surface area contributed by atoms with E-state index < -0.39 is 11.8 Å². The molecule has 4 atom stereocenters. The van der Waals surface area contributed by atoms with Crippen molar-refractivity contribution in [1.29, 1.82) is 0 Å². The molecule has 5 rings (SSSR count). The molecule has 3 aromatic carbocycles. The zero-order valence-electron chi connectivity index (χ0n) is 18.6. The van der Waals surface area contributed by atoms with Crippen LogP contribution in [0, 0.1) is 11.8 Å². The zero-order valence-corrected chi connectivity index (χ0v) is 18.6. The average Bonchev–Trinajstić information content (AvgIpc) is 3.14. The van der Waals surface area contributed by atoms with Crippen molar-refractivity contribution >= 4 is 17.5 Å². The van der Waals surface area contributed by atoms with Crippen molar-refractivity contribution in [2.45, 2.75) is 25.2 Å². The molecule has 1 fully saturated rings. The van der Waals surface area contributed by atoms with Gasteiger partial charge in [-0.05, 0) is 29.7 Å². The second-order valence-corrected chi connectivity index (χ2v) is 8.64. The molecule has 4 heteroatoms. The van der Waals surface area contributed by atoms with Gasteiger partial charge in [0.1, 0.15) is 5.75 Å². The fourth-order valence-corrected chi connectivity index (χ4v) is 5.15. The maximum atomic E-state index is 14.0. The second kappa shape index (κ2) is 9.07. The molecule has 0 bridgehead atoms. The van der Waals surface area contributed by atoms with Gasteiger partial charge in [0.15, 0.2) is 0 Å². The first kappa shape index (κ1) is 21.2. The highest BCUT2D eigenvalue weighted by molar-refractivity contribution is 6.23. The summed E-state index contributed by atoms with van der Waals surface area (Å²) in [5, 5.41) is 0. The molecule has 1 aliphatic carbocycles. The maximum absolute atomic E-state index is 14.0. The lowest BCUT2D eigenvalue weighted by Crippen LogP contribution is -2.32. The second-order valence-electron chi connectivity index (χ2n) is 8.64. The van der Waals surface area contributed by atoms with E-state index in [1.807, 2.05) is 85.8 Å². The number of allylic oxidation sites excluding steroid dienone is 2. The summed E-state index contributed by atoms with van der Waals surface area (Å²) in [7, 11) is 0. The first-order valence-electron chi connectivity index (χ1n) is 11.6. The molecule has 1 aliphatic heterocycles. The number of carbonyl (C=O) groups is 2. The Hall–Kier alpha value is -3.66. The Morgan fingerprint density at radius 2 is 1.18 bits per heavy atom. The Labute approximate surface area is 194 Å². The predicted octanol–water partition coefficient (Wildman–Crippen LogP) is 5.72. The monoisotopic (exact) mass is 437 g/mol. The molecule has 0 unspecified atom stereocenters. The van der Waals surface area contributed by atoms with E-state index in [1.165, 1.54) is 4.90 Å². The van der Waals surface area contributed by atoms with E-state index in [1.54, 1.807) is 6.07 Å². The van der Waals surface area contributed by atoms with Crippen molar-refractivity contribution in [3.05, 3.63) is 108 Å². The fraction of sp³-hybridized carbons (Fsp3) is 0.241. The summed E-state index contributed by atoms with van der Waals surface area (Å²) >= 11 is 0. The molecule has 0 aromatic heterocycles. The first-order chi connectivity index (χ1) is 16.2. The molecule has 0 spiro atoms. The summed E-state index contributed by atoms with van der Waals surface area (Å²) in [6, 6.07) is 27.3. The van der Waals surface area contributed by atoms with Gasteiger partial charge in [0.25, 0.3) is 0 Å². The Morgan fingerprint density at radius 3 is 1.70 bits per heavy atom. The van der Waals surface area contributed by atoms with Crippen LogP contribution in [-0.4, -0.2) is 18.4 Å². The molecule has 1 saturated heterocycles. The summed E-state index contributed by atoms with van der Waals surface area (Å²) < 4.78 is 5.91. The van der Waals surface area contributed by atoms with Gasteiger partial charge in [0.2, 0.25) is 11.8 Å². The number of para-hydroxylation sites is 2. The Kier molecular flexibility index (Phi) is 5.82. The molecule has 2 aliphatic rings. The van der Waals surface area contributed by atoms with E-state index in [0.717, 1.165) is 17.5 Å². The minimum Gasteiger partial charge on any atom is -0.491 e. The molecular formula is C29H27NO3. The SMILES string of the molecule is CCCOc1ccccc1N1C(=O)[C@@H]2[C@H](C1=O)[C@H](c1ccccc1)C=C[C@@H]2c1ccccc1. The molecular weight excluding hydrogens is 410 g/mol. The smallest absolute Gasteiger partial charge is 0.238 e. The van der Waals surface area contributed by atoms with Crippen LogP contribution >= 0.6 is 0 Å². The van der Waals surface area contributed by atoms with Crippen molar-refractivity contribution < 1.29 is 14.3 Å². The molecule has 2 amide bonds. The van der Waals surface area contributed by atoms with Gasteiger partial charge in [-0.3, -0.25) is 9.59 Å². The molecule has 0 N–H and O–H groups in total. The molecule has 4 nitrogen and oxygen atoms in total. The van der Waals surface area contributed by atoms with Crippen LogP contribution in [-0.2, 0) is 9.59 Å². The van der Waals surface area contributed by atoms with E-state index in [2.05, 4.69) is 12.2 Å². The number of hydrogen-bond donors (Lipinski definition) is 0. The van der Waals surface area contributed by atoms with Gasteiger partial charge in [-0.15, -0.1) is 0 Å². The van der Waals surface area contributed by atoms with Gasteiger partial charge in [-0.2, -0.15) is 0 Å². The average molecular weight is 438 g/mol. The Morgan fingerprint density at radius 1 is 0.697 bits per heavy atom. The minimum absolute atomic E-state index is 0.152. The summed E-state index contributed by atoms with van der Waals surface area (Å²) in [6.07, 6.45) is 5.07. The largest absolute Gasteiger partial charge is 0.491 e. The first-order valence-corrected chi connectivity index (χ1v) is 11.6. The number of anilines is 1. The number of fused-ring (bicyclic) bond motifs is 1. The maximum Gasteiger partial charge on any atom is 0.238 e. The van der Waals surface area contributed by atoms with E-state index in [0.29, 0.717) is 18.0 Å². The van der Waals surface area contributed by atoms with E-state index in [4.69, 9.17) is 4.74 Å². The predicted molar refractivity (Wildman–Crippen MR) is 129 cm³/mol. The summed E-state index contributed by atoms with van der Waals surface area (Å²) in [4.78, 5) is 29.3. The Balaban J connectivity index is 1.61. The van der Waals surface area contributed by atoms with Crippen LogP contribution in [0.25, 0.3) is 0 Å². The van der Waals surface area contributed by atoms with Crippen molar-refractivity contribution in [3.63, 3.8) is 0 Å². The van der Waals surface area contributed by atoms with Crippen molar-refractivity contribution in [2.75, 3.05) is 11.5 Å². The van der Waals surface area contributed by atoms with Crippen LogP contribution < -0.4 is 9.64 Å². The topological polar surface area (TPSA) is 46.6 Å². The molecule has 1 heterocycles. The highest BCUT2D eigenvalue weighted by atomic mass is 16.5. The number of hydrogen-bond acceptors (Lipinski definition) is 3.